The van der Waals surface area contributed by atoms with Gasteiger partial charge in [-0.25, -0.2) is 9.59 Å². The minimum Gasteiger partial charge on any atom is -0.484 e. The minimum absolute atomic E-state index is 0.0953. The highest BCUT2D eigenvalue weighted by Gasteiger charge is 2.29. The number of piperidine rings is 1. The zero-order valence-electron chi connectivity index (χ0n) is 20.0. The Bertz CT molecular complexity index is 954. The molecule has 2 aliphatic rings. The van der Waals surface area contributed by atoms with Crippen molar-refractivity contribution in [1.82, 2.24) is 9.80 Å². The van der Waals surface area contributed by atoms with Crippen molar-refractivity contribution in [2.75, 3.05) is 50.8 Å². The van der Waals surface area contributed by atoms with Crippen molar-refractivity contribution in [1.29, 1.82) is 0 Å². The Morgan fingerprint density at radius 1 is 0.829 bits per heavy atom. The lowest BCUT2D eigenvalue weighted by Crippen LogP contribution is -2.54. The molecule has 0 saturated carbocycles. The van der Waals surface area contributed by atoms with Crippen LogP contribution < -0.4 is 9.64 Å². The molecule has 1 amide bonds. The lowest BCUT2D eigenvalue weighted by Gasteiger charge is -2.43. The monoisotopic (exact) mass is 483 g/mol. The van der Waals surface area contributed by atoms with Crippen LogP contribution in [0.2, 0.25) is 0 Å². The lowest BCUT2D eigenvalue weighted by molar-refractivity contribution is -0.159. The molecule has 0 atom stereocenters. The van der Waals surface area contributed by atoms with E-state index in [2.05, 4.69) is 40.1 Å². The number of hydrogen-bond acceptors (Lipinski definition) is 6. The molecule has 9 heteroatoms. The van der Waals surface area contributed by atoms with Crippen molar-refractivity contribution in [2.45, 2.75) is 25.8 Å². The number of para-hydroxylation sites is 1. The number of ether oxygens (including phenoxy) is 1. The van der Waals surface area contributed by atoms with Crippen LogP contribution in [0.15, 0.2) is 54.6 Å². The summed E-state index contributed by atoms with van der Waals surface area (Å²) in [7, 11) is 0. The van der Waals surface area contributed by atoms with Crippen LogP contribution in [-0.2, 0) is 14.4 Å². The number of carboxylic acid groups (broad SMARTS) is 2. The van der Waals surface area contributed by atoms with Gasteiger partial charge in [-0.1, -0.05) is 35.9 Å². The van der Waals surface area contributed by atoms with E-state index >= 15 is 0 Å². The molecule has 0 spiro atoms. The molecule has 2 fully saturated rings. The van der Waals surface area contributed by atoms with Gasteiger partial charge in [-0.2, -0.15) is 0 Å². The first-order chi connectivity index (χ1) is 16.8. The largest absolute Gasteiger partial charge is 0.484 e. The van der Waals surface area contributed by atoms with E-state index in [9.17, 15) is 4.79 Å². The molecule has 2 N–H and O–H groups in total. The number of aryl methyl sites for hydroxylation is 1. The van der Waals surface area contributed by atoms with Crippen LogP contribution in [0.4, 0.5) is 5.69 Å². The molecule has 0 aliphatic carbocycles. The Morgan fingerprint density at radius 2 is 1.40 bits per heavy atom. The molecule has 0 aromatic heterocycles. The number of carboxylic acids is 2. The average Bonchev–Trinajstić information content (AvgIpc) is 2.89. The van der Waals surface area contributed by atoms with Crippen LogP contribution in [0, 0.1) is 6.92 Å². The average molecular weight is 484 g/mol. The topological polar surface area (TPSA) is 111 Å². The maximum Gasteiger partial charge on any atom is 0.414 e. The third-order valence-electron chi connectivity index (χ3n) is 6.34. The molecule has 2 heterocycles. The van der Waals surface area contributed by atoms with Gasteiger partial charge in [-0.15, -0.1) is 0 Å². The molecule has 35 heavy (non-hydrogen) atoms. The molecule has 0 unspecified atom stereocenters. The smallest absolute Gasteiger partial charge is 0.414 e. The highest BCUT2D eigenvalue weighted by molar-refractivity contribution is 6.27. The summed E-state index contributed by atoms with van der Waals surface area (Å²) in [6.07, 6.45) is 2.11. The normalized spacial score (nSPS) is 16.7. The van der Waals surface area contributed by atoms with E-state index in [1.54, 1.807) is 0 Å². The third kappa shape index (κ3) is 7.99. The molecule has 2 saturated heterocycles. The zero-order chi connectivity index (χ0) is 25.2. The van der Waals surface area contributed by atoms with E-state index in [1.807, 2.05) is 36.1 Å². The van der Waals surface area contributed by atoms with Gasteiger partial charge >= 0.3 is 11.9 Å². The van der Waals surface area contributed by atoms with Gasteiger partial charge in [0.2, 0.25) is 0 Å². The standard InChI is InChI=1S/C24H31N3O2.C2H2O4/c1-20-7-9-23(10-8-20)29-19-24(28)27-13-11-22(12-14-27)26-17-15-25(16-18-26)21-5-3-2-4-6-21;3-1(4)2(5)6/h2-10,22H,11-19H2,1H3;(H,3,4)(H,5,6). The number of anilines is 1. The van der Waals surface area contributed by atoms with E-state index in [-0.39, 0.29) is 12.5 Å². The molecule has 2 aliphatic heterocycles. The summed E-state index contributed by atoms with van der Waals surface area (Å²) in [5.74, 6) is -2.79. The quantitative estimate of drug-likeness (QED) is 0.624. The molecule has 4 rings (SSSR count). The Kier molecular flexibility index (Phi) is 9.48. The van der Waals surface area contributed by atoms with Gasteiger partial charge < -0.3 is 24.7 Å². The number of aliphatic carboxylic acids is 2. The highest BCUT2D eigenvalue weighted by Crippen LogP contribution is 2.21. The summed E-state index contributed by atoms with van der Waals surface area (Å²) in [5.41, 5.74) is 2.51. The van der Waals surface area contributed by atoms with Gasteiger partial charge in [-0.3, -0.25) is 9.69 Å². The van der Waals surface area contributed by atoms with Crippen molar-refractivity contribution in [2.24, 2.45) is 0 Å². The van der Waals surface area contributed by atoms with Gasteiger partial charge in [0.15, 0.2) is 6.61 Å². The first-order valence-electron chi connectivity index (χ1n) is 11.8. The molecule has 2 aromatic carbocycles. The van der Waals surface area contributed by atoms with Crippen molar-refractivity contribution < 1.29 is 29.3 Å². The Morgan fingerprint density at radius 3 is 1.94 bits per heavy atom. The summed E-state index contributed by atoms with van der Waals surface area (Å²) in [6.45, 7) is 8.19. The van der Waals surface area contributed by atoms with E-state index < -0.39 is 11.9 Å². The highest BCUT2D eigenvalue weighted by atomic mass is 16.5. The van der Waals surface area contributed by atoms with Crippen LogP contribution in [0.1, 0.15) is 18.4 Å². The zero-order valence-corrected chi connectivity index (χ0v) is 20.0. The number of nitrogens with zero attached hydrogens (tertiary/aromatic N) is 3. The third-order valence-corrected chi connectivity index (χ3v) is 6.34. The predicted octanol–water partition coefficient (Wildman–Crippen LogP) is 2.34. The van der Waals surface area contributed by atoms with Gasteiger partial charge in [-0.05, 0) is 44.0 Å². The SMILES string of the molecule is Cc1ccc(OCC(=O)N2CCC(N3CCN(c4ccccc4)CC3)CC2)cc1.O=C(O)C(=O)O. The maximum absolute atomic E-state index is 12.5. The van der Waals surface area contributed by atoms with E-state index in [0.717, 1.165) is 57.9 Å². The number of piperazine rings is 1. The number of carbonyl (C=O) groups excluding carboxylic acids is 1. The summed E-state index contributed by atoms with van der Waals surface area (Å²) < 4.78 is 5.67. The van der Waals surface area contributed by atoms with Crippen molar-refractivity contribution in [3.8, 4) is 5.75 Å². The van der Waals surface area contributed by atoms with Crippen LogP contribution in [0.25, 0.3) is 0 Å². The Balaban J connectivity index is 0.000000509. The summed E-state index contributed by atoms with van der Waals surface area (Å²) >= 11 is 0. The van der Waals surface area contributed by atoms with Gasteiger partial charge in [0.1, 0.15) is 5.75 Å². The Labute approximate surface area is 205 Å². The summed E-state index contributed by atoms with van der Waals surface area (Å²) in [5, 5.41) is 14.8. The number of hydrogen-bond donors (Lipinski definition) is 2. The van der Waals surface area contributed by atoms with Gasteiger partial charge in [0.05, 0.1) is 0 Å². The molecule has 0 radical (unpaired) electrons. The number of likely N-dealkylation sites (tertiary alicyclic amines) is 1. The van der Waals surface area contributed by atoms with Crippen LogP contribution in [0.5, 0.6) is 5.75 Å². The summed E-state index contributed by atoms with van der Waals surface area (Å²) in [6, 6.07) is 19.1. The fourth-order valence-corrected chi connectivity index (χ4v) is 4.34. The van der Waals surface area contributed by atoms with Gasteiger partial charge in [0.25, 0.3) is 5.91 Å². The molecule has 9 nitrogen and oxygen atoms in total. The summed E-state index contributed by atoms with van der Waals surface area (Å²) in [4.78, 5) is 37.7. The lowest BCUT2D eigenvalue weighted by atomic mass is 10.0. The van der Waals surface area contributed by atoms with Crippen LogP contribution in [0.3, 0.4) is 0 Å². The van der Waals surface area contributed by atoms with Crippen LogP contribution in [-0.4, -0.2) is 89.8 Å². The number of rotatable bonds is 5. The van der Waals surface area contributed by atoms with E-state index in [4.69, 9.17) is 24.5 Å². The molecular weight excluding hydrogens is 450 g/mol. The first kappa shape index (κ1) is 26.0. The second-order valence-electron chi connectivity index (χ2n) is 8.68. The second kappa shape index (κ2) is 12.8. The molecular formula is C26H33N3O6. The number of carbonyl (C=O) groups is 3. The fraction of sp³-hybridized carbons (Fsp3) is 0.423. The number of benzene rings is 2. The van der Waals surface area contributed by atoms with Crippen molar-refractivity contribution >= 4 is 23.5 Å². The maximum atomic E-state index is 12.5. The van der Waals surface area contributed by atoms with E-state index in [0.29, 0.717) is 6.04 Å². The predicted molar refractivity (Wildman–Crippen MR) is 132 cm³/mol. The number of amides is 1. The molecule has 2 aromatic rings. The second-order valence-corrected chi connectivity index (χ2v) is 8.68. The fourth-order valence-electron chi connectivity index (χ4n) is 4.34. The molecule has 0 bridgehead atoms. The van der Waals surface area contributed by atoms with Crippen LogP contribution >= 0.6 is 0 Å². The minimum atomic E-state index is -1.82. The first-order valence-corrected chi connectivity index (χ1v) is 11.8. The van der Waals surface area contributed by atoms with Crippen molar-refractivity contribution in [3.05, 3.63) is 60.2 Å². The molecule has 188 valence electrons. The Hall–Kier alpha value is -3.59. The van der Waals surface area contributed by atoms with E-state index in [1.165, 1.54) is 11.3 Å². The van der Waals surface area contributed by atoms with Crippen molar-refractivity contribution in [3.63, 3.8) is 0 Å². The van der Waals surface area contributed by atoms with Gasteiger partial charge in [0, 0.05) is 51.0 Å².